The molecular weight excluding hydrogens is 436 g/mol. The summed E-state index contributed by atoms with van der Waals surface area (Å²) in [4.78, 5) is 13.3. The van der Waals surface area contributed by atoms with Crippen LogP contribution in [0.15, 0.2) is 23.3 Å². The third kappa shape index (κ3) is 4.67. The topological polar surface area (TPSA) is 66.8 Å². The highest BCUT2D eigenvalue weighted by molar-refractivity contribution is 5.72. The summed E-state index contributed by atoms with van der Waals surface area (Å²) in [5.74, 6) is 3.04. The van der Waals surface area contributed by atoms with E-state index in [-0.39, 0.29) is 17.3 Å². The van der Waals surface area contributed by atoms with E-state index in [1.165, 1.54) is 37.7 Å². The van der Waals surface area contributed by atoms with Crippen molar-refractivity contribution in [2.75, 3.05) is 6.61 Å². The van der Waals surface area contributed by atoms with Crippen molar-refractivity contribution in [3.05, 3.63) is 23.3 Å². The minimum Gasteiger partial charge on any atom is -0.465 e. The van der Waals surface area contributed by atoms with Crippen molar-refractivity contribution in [3.8, 4) is 0 Å². The Morgan fingerprint density at radius 2 is 1.80 bits per heavy atom. The van der Waals surface area contributed by atoms with E-state index in [0.29, 0.717) is 49.0 Å². The largest absolute Gasteiger partial charge is 0.465 e. The van der Waals surface area contributed by atoms with E-state index < -0.39 is 12.2 Å². The molecule has 6 rings (SSSR count). The molecule has 9 atom stereocenters. The van der Waals surface area contributed by atoms with Gasteiger partial charge in [-0.3, -0.25) is 4.79 Å². The van der Waals surface area contributed by atoms with Crippen LogP contribution in [0.3, 0.4) is 0 Å². The standard InChI is InChI=1S/C31H48O4/c1-19(29(34)35-18-22-9-10-23-16-28(22)30(23,2)3)26-11-12-27-21(6-5-13-31(26,27)4)8-7-20-14-24(32)17-25(33)15-20/h7-8,19,22-28,32-33H,5-6,9-18H2,1-4H3/b20-7?,21-8+/t19-,22-,23-,24-,25+,26+,27-,28?,31+/m0/s1. The molecule has 0 aliphatic heterocycles. The SMILES string of the molecule is C[C@H](C(=O)OC[C@@H]1CC[C@H]2CC1C2(C)C)[C@H]1CC[C@H]2/C(=C/C=C3C[C@@H](O)C[C@@H](O)C3)CCC[C@]12C. The Morgan fingerprint density at radius 1 is 1.06 bits per heavy atom. The number of aliphatic hydroxyl groups is 2. The normalized spacial score (nSPS) is 45.6. The molecule has 196 valence electrons. The zero-order valence-corrected chi connectivity index (χ0v) is 22.5. The Kier molecular flexibility index (Phi) is 7.02. The molecule has 6 fully saturated rings. The number of carbonyl (C=O) groups is 1. The number of rotatable bonds is 5. The Labute approximate surface area is 212 Å². The molecule has 6 aliphatic rings. The van der Waals surface area contributed by atoms with Gasteiger partial charge in [-0.05, 0) is 111 Å². The summed E-state index contributed by atoms with van der Waals surface area (Å²) in [5.41, 5.74) is 3.25. The number of aliphatic hydroxyl groups excluding tert-OH is 2. The highest BCUT2D eigenvalue weighted by Gasteiger charge is 2.55. The van der Waals surface area contributed by atoms with Gasteiger partial charge in [0.25, 0.3) is 0 Å². The van der Waals surface area contributed by atoms with Crippen LogP contribution in [0.2, 0.25) is 0 Å². The molecule has 1 unspecified atom stereocenters. The van der Waals surface area contributed by atoms with Crippen LogP contribution in [0.5, 0.6) is 0 Å². The van der Waals surface area contributed by atoms with E-state index in [2.05, 4.69) is 39.8 Å². The van der Waals surface area contributed by atoms with Crippen molar-refractivity contribution in [2.45, 2.75) is 111 Å². The van der Waals surface area contributed by atoms with Crippen molar-refractivity contribution in [1.29, 1.82) is 0 Å². The molecule has 0 saturated heterocycles. The number of esters is 1. The summed E-state index contributed by atoms with van der Waals surface area (Å²) in [6.45, 7) is 9.98. The molecule has 0 aromatic heterocycles. The molecule has 6 aliphatic carbocycles. The first kappa shape index (κ1) is 25.5. The molecule has 35 heavy (non-hydrogen) atoms. The van der Waals surface area contributed by atoms with Crippen molar-refractivity contribution in [3.63, 3.8) is 0 Å². The average Bonchev–Trinajstić information content (AvgIpc) is 3.17. The van der Waals surface area contributed by atoms with Crippen LogP contribution in [0, 0.1) is 46.3 Å². The van der Waals surface area contributed by atoms with Gasteiger partial charge in [-0.15, -0.1) is 0 Å². The van der Waals surface area contributed by atoms with E-state index in [9.17, 15) is 15.0 Å². The number of fused-ring (bicyclic) bond motifs is 3. The molecule has 0 heterocycles. The fourth-order valence-corrected chi connectivity index (χ4v) is 9.28. The lowest BCUT2D eigenvalue weighted by Gasteiger charge is -2.60. The second-order valence-corrected chi connectivity index (χ2v) is 13.7. The number of hydrogen-bond donors (Lipinski definition) is 2. The van der Waals surface area contributed by atoms with Gasteiger partial charge >= 0.3 is 5.97 Å². The first-order valence-electron chi connectivity index (χ1n) is 14.5. The van der Waals surface area contributed by atoms with Gasteiger partial charge < -0.3 is 14.9 Å². The van der Waals surface area contributed by atoms with E-state index >= 15 is 0 Å². The second kappa shape index (κ2) is 9.63. The summed E-state index contributed by atoms with van der Waals surface area (Å²) in [5, 5.41) is 20.1. The Hall–Kier alpha value is -1.13. The highest BCUT2D eigenvalue weighted by Crippen LogP contribution is 2.62. The molecule has 4 nitrogen and oxygen atoms in total. The maximum Gasteiger partial charge on any atom is 0.308 e. The van der Waals surface area contributed by atoms with Gasteiger partial charge in [0, 0.05) is 0 Å². The summed E-state index contributed by atoms with van der Waals surface area (Å²) in [6, 6.07) is 0. The third-order valence-corrected chi connectivity index (χ3v) is 11.5. The van der Waals surface area contributed by atoms with Gasteiger partial charge in [0.2, 0.25) is 0 Å². The molecule has 0 spiro atoms. The molecule has 0 radical (unpaired) electrons. The first-order chi connectivity index (χ1) is 16.6. The smallest absolute Gasteiger partial charge is 0.308 e. The maximum atomic E-state index is 13.3. The fourth-order valence-electron chi connectivity index (χ4n) is 9.28. The van der Waals surface area contributed by atoms with Crippen LogP contribution in [-0.4, -0.2) is 35.0 Å². The van der Waals surface area contributed by atoms with Gasteiger partial charge in [-0.2, -0.15) is 0 Å². The fraction of sp³-hybridized carbons (Fsp3) is 0.839. The molecule has 2 N–H and O–H groups in total. The van der Waals surface area contributed by atoms with Crippen LogP contribution >= 0.6 is 0 Å². The van der Waals surface area contributed by atoms with Crippen LogP contribution in [0.25, 0.3) is 0 Å². The highest BCUT2D eigenvalue weighted by atomic mass is 16.5. The number of ether oxygens (including phenoxy) is 1. The van der Waals surface area contributed by atoms with E-state index in [0.717, 1.165) is 36.7 Å². The quantitative estimate of drug-likeness (QED) is 0.455. The maximum absolute atomic E-state index is 13.3. The second-order valence-electron chi connectivity index (χ2n) is 13.7. The molecule has 0 aromatic carbocycles. The summed E-state index contributed by atoms with van der Waals surface area (Å²) >= 11 is 0. The Bertz CT molecular complexity index is 857. The van der Waals surface area contributed by atoms with Crippen LogP contribution < -0.4 is 0 Å². The van der Waals surface area contributed by atoms with E-state index in [4.69, 9.17) is 4.74 Å². The first-order valence-corrected chi connectivity index (χ1v) is 14.5. The minimum absolute atomic E-state index is 0.0273. The zero-order chi connectivity index (χ0) is 25.0. The van der Waals surface area contributed by atoms with E-state index in [1.807, 2.05) is 0 Å². The van der Waals surface area contributed by atoms with Crippen LogP contribution in [0.1, 0.15) is 98.3 Å². The Morgan fingerprint density at radius 3 is 2.49 bits per heavy atom. The molecule has 0 aromatic rings. The van der Waals surface area contributed by atoms with Gasteiger partial charge in [0.05, 0.1) is 24.7 Å². The van der Waals surface area contributed by atoms with Crippen molar-refractivity contribution in [2.24, 2.45) is 46.3 Å². The van der Waals surface area contributed by atoms with Crippen molar-refractivity contribution >= 4 is 5.97 Å². The monoisotopic (exact) mass is 484 g/mol. The molecule has 4 heteroatoms. The molecule has 2 bridgehead atoms. The predicted molar refractivity (Wildman–Crippen MR) is 138 cm³/mol. The van der Waals surface area contributed by atoms with Crippen LogP contribution in [-0.2, 0) is 9.53 Å². The lowest BCUT2D eigenvalue weighted by Crippen LogP contribution is -2.53. The molecular formula is C31H48O4. The van der Waals surface area contributed by atoms with Crippen LogP contribution in [0.4, 0.5) is 0 Å². The summed E-state index contributed by atoms with van der Waals surface area (Å²) in [7, 11) is 0. The minimum atomic E-state index is -0.423. The average molecular weight is 485 g/mol. The lowest BCUT2D eigenvalue weighted by molar-refractivity contribution is -0.162. The van der Waals surface area contributed by atoms with E-state index in [1.54, 1.807) is 0 Å². The molecule has 0 amide bonds. The summed E-state index contributed by atoms with van der Waals surface area (Å²) < 4.78 is 6.03. The lowest BCUT2D eigenvalue weighted by atomic mass is 9.46. The van der Waals surface area contributed by atoms with Crippen molar-refractivity contribution in [1.82, 2.24) is 0 Å². The predicted octanol–water partition coefficient (Wildman–Crippen LogP) is 6.21. The van der Waals surface area contributed by atoms with Crippen molar-refractivity contribution < 1.29 is 19.7 Å². The third-order valence-electron chi connectivity index (χ3n) is 11.5. The van der Waals surface area contributed by atoms with Gasteiger partial charge in [-0.1, -0.05) is 51.0 Å². The van der Waals surface area contributed by atoms with Gasteiger partial charge in [0.15, 0.2) is 0 Å². The summed E-state index contributed by atoms with van der Waals surface area (Å²) in [6.07, 6.45) is 15.1. The number of hydrogen-bond acceptors (Lipinski definition) is 4. The van der Waals surface area contributed by atoms with Gasteiger partial charge in [-0.25, -0.2) is 0 Å². The Balaban J connectivity index is 1.21. The number of carbonyl (C=O) groups excluding carboxylic acids is 1. The zero-order valence-electron chi connectivity index (χ0n) is 22.5. The van der Waals surface area contributed by atoms with Gasteiger partial charge in [0.1, 0.15) is 0 Å². The molecule has 6 saturated carbocycles. The number of allylic oxidation sites excluding steroid dienone is 3.